The summed E-state index contributed by atoms with van der Waals surface area (Å²) in [5.41, 5.74) is 9.45. The quantitative estimate of drug-likeness (QED) is 0.521. The first-order valence-electron chi connectivity index (χ1n) is 14.4. The second-order valence-electron chi connectivity index (χ2n) is 12.4. The number of fused-ring (bicyclic) bond motifs is 5. The predicted octanol–water partition coefficient (Wildman–Crippen LogP) is 5.39. The molecule has 8 heteroatoms. The third-order valence-corrected chi connectivity index (χ3v) is 10.7. The summed E-state index contributed by atoms with van der Waals surface area (Å²) in [7, 11) is 0. The molecule has 204 valence electrons. The van der Waals surface area contributed by atoms with Gasteiger partial charge in [-0.3, -0.25) is 19.6 Å². The lowest BCUT2D eigenvalue weighted by molar-refractivity contribution is -0.0815. The van der Waals surface area contributed by atoms with Gasteiger partial charge in [-0.1, -0.05) is 13.8 Å². The number of nitrogens with one attached hydrogen (secondary N) is 2. The Morgan fingerprint density at radius 1 is 0.795 bits per heavy atom. The largest absolute Gasteiger partial charge is 0.271 e. The molecule has 0 bridgehead atoms. The lowest BCUT2D eigenvalue weighted by Crippen LogP contribution is -2.53. The van der Waals surface area contributed by atoms with Crippen molar-refractivity contribution in [2.75, 3.05) is 0 Å². The minimum absolute atomic E-state index is 0.0639. The van der Waals surface area contributed by atoms with Gasteiger partial charge in [0.15, 0.2) is 0 Å². The van der Waals surface area contributed by atoms with E-state index in [1.807, 2.05) is 0 Å². The first-order valence-corrected chi connectivity index (χ1v) is 14.4. The highest BCUT2D eigenvalue weighted by atomic mass is 16.2. The number of carbonyl (C=O) groups is 2. The summed E-state index contributed by atoms with van der Waals surface area (Å²) in [5.74, 6) is 2.31. The van der Waals surface area contributed by atoms with Crippen LogP contribution >= 0.6 is 0 Å². The Morgan fingerprint density at radius 3 is 2.10 bits per heavy atom. The fraction of sp³-hybridized carbons (Fsp3) is 0.548. The SMILES string of the molecule is C[C@]12CCC(=NNC(=O)c3ccncc3)C[C@@H]1CC[C@H]1[C@H]3CCC(=NNC(=O)c4ccncc4)[C@]3(C)CC[C@@H]12. The molecule has 0 saturated heterocycles. The number of hydrogen-bond donors (Lipinski definition) is 2. The molecule has 2 heterocycles. The minimum atomic E-state index is -0.177. The van der Waals surface area contributed by atoms with E-state index in [9.17, 15) is 9.59 Å². The smallest absolute Gasteiger partial charge is 0.267 e. The number of carbonyl (C=O) groups excluding carboxylic acids is 2. The first-order chi connectivity index (χ1) is 18.9. The zero-order valence-corrected chi connectivity index (χ0v) is 22.9. The highest BCUT2D eigenvalue weighted by Gasteiger charge is 2.59. The number of hydrogen-bond acceptors (Lipinski definition) is 6. The fourth-order valence-corrected chi connectivity index (χ4v) is 8.52. The van der Waals surface area contributed by atoms with Crippen LogP contribution in [0.1, 0.15) is 92.4 Å². The second-order valence-corrected chi connectivity index (χ2v) is 12.4. The number of pyridine rings is 2. The van der Waals surface area contributed by atoms with E-state index < -0.39 is 0 Å². The van der Waals surface area contributed by atoms with Crippen LogP contribution in [0.5, 0.6) is 0 Å². The Hall–Kier alpha value is -3.42. The number of hydrazone groups is 2. The molecule has 0 radical (unpaired) electrons. The van der Waals surface area contributed by atoms with E-state index in [0.29, 0.717) is 40.2 Å². The van der Waals surface area contributed by atoms with Gasteiger partial charge in [-0.15, -0.1) is 0 Å². The Bertz CT molecular complexity index is 1290. The van der Waals surface area contributed by atoms with E-state index in [-0.39, 0.29) is 17.2 Å². The van der Waals surface area contributed by atoms with Gasteiger partial charge in [0.05, 0.1) is 0 Å². The van der Waals surface area contributed by atoms with Crippen molar-refractivity contribution in [3.63, 3.8) is 0 Å². The van der Waals surface area contributed by atoms with Crippen molar-refractivity contribution in [1.82, 2.24) is 20.8 Å². The van der Waals surface area contributed by atoms with Crippen LogP contribution in [-0.2, 0) is 0 Å². The van der Waals surface area contributed by atoms with Crippen LogP contribution in [0, 0.1) is 34.5 Å². The van der Waals surface area contributed by atoms with E-state index in [4.69, 9.17) is 5.10 Å². The molecule has 2 N–H and O–H groups in total. The highest BCUT2D eigenvalue weighted by molar-refractivity contribution is 5.97. The monoisotopic (exact) mass is 526 g/mol. The van der Waals surface area contributed by atoms with Gasteiger partial charge in [0.25, 0.3) is 11.8 Å². The molecule has 4 saturated carbocycles. The van der Waals surface area contributed by atoms with Crippen LogP contribution in [0.2, 0.25) is 0 Å². The molecule has 0 aliphatic heterocycles. The standard InChI is InChI=1S/C31H38N6O2/c1-30-13-7-23(34-36-28(38)20-9-15-32-16-10-20)19-22(30)3-4-24-25-5-6-27(31(25,2)14-8-26(24)30)35-37-29(39)21-11-17-33-18-12-21/h9-12,15-18,22,24-26H,3-8,13-14,19H2,1-2H3,(H,36,38)(H,37,39)/t22-,24-,25+,26-,30-,31+/m0/s1. The lowest BCUT2D eigenvalue weighted by Gasteiger charge is -2.59. The Labute approximate surface area is 230 Å². The number of amides is 2. The van der Waals surface area contributed by atoms with Gasteiger partial charge < -0.3 is 0 Å². The molecule has 2 aromatic heterocycles. The van der Waals surface area contributed by atoms with E-state index in [1.165, 1.54) is 25.0 Å². The van der Waals surface area contributed by atoms with Crippen LogP contribution in [0.3, 0.4) is 0 Å². The molecule has 4 aliphatic rings. The summed E-state index contributed by atoms with van der Waals surface area (Å²) >= 11 is 0. The van der Waals surface area contributed by atoms with E-state index in [1.54, 1.807) is 49.1 Å². The fourth-order valence-electron chi connectivity index (χ4n) is 8.52. The summed E-state index contributed by atoms with van der Waals surface area (Å²) in [5, 5.41) is 9.26. The summed E-state index contributed by atoms with van der Waals surface area (Å²) in [6.07, 6.45) is 16.5. The van der Waals surface area contributed by atoms with Crippen LogP contribution < -0.4 is 10.9 Å². The Morgan fingerprint density at radius 2 is 1.44 bits per heavy atom. The maximum Gasteiger partial charge on any atom is 0.271 e. The summed E-state index contributed by atoms with van der Waals surface area (Å²) in [6.45, 7) is 4.92. The van der Waals surface area contributed by atoms with Gasteiger partial charge in [0, 0.05) is 52.8 Å². The zero-order valence-electron chi connectivity index (χ0n) is 22.9. The van der Waals surface area contributed by atoms with Gasteiger partial charge in [0.2, 0.25) is 0 Å². The van der Waals surface area contributed by atoms with Crippen molar-refractivity contribution in [2.24, 2.45) is 44.7 Å². The molecular weight excluding hydrogens is 488 g/mol. The highest BCUT2D eigenvalue weighted by Crippen LogP contribution is 2.65. The molecule has 6 atom stereocenters. The Balaban J connectivity index is 1.12. The van der Waals surface area contributed by atoms with Crippen molar-refractivity contribution in [3.8, 4) is 0 Å². The first kappa shape index (κ1) is 25.8. The molecular formula is C31H38N6O2. The van der Waals surface area contributed by atoms with Crippen molar-refractivity contribution >= 4 is 23.2 Å². The van der Waals surface area contributed by atoms with Gasteiger partial charge in [0.1, 0.15) is 0 Å². The molecule has 2 aromatic rings. The van der Waals surface area contributed by atoms with Crippen LogP contribution in [0.15, 0.2) is 59.3 Å². The van der Waals surface area contributed by atoms with E-state index in [2.05, 4.69) is 39.8 Å². The molecule has 0 spiro atoms. The third-order valence-electron chi connectivity index (χ3n) is 10.7. The van der Waals surface area contributed by atoms with E-state index in [0.717, 1.165) is 44.2 Å². The average molecular weight is 527 g/mol. The van der Waals surface area contributed by atoms with Crippen molar-refractivity contribution in [1.29, 1.82) is 0 Å². The number of aromatic nitrogens is 2. The van der Waals surface area contributed by atoms with Gasteiger partial charge in [-0.2, -0.15) is 10.2 Å². The average Bonchev–Trinajstić information content (AvgIpc) is 3.31. The van der Waals surface area contributed by atoms with Gasteiger partial charge in [-0.25, -0.2) is 10.9 Å². The molecule has 4 fully saturated rings. The van der Waals surface area contributed by atoms with Crippen molar-refractivity contribution in [3.05, 3.63) is 60.2 Å². The third kappa shape index (κ3) is 4.68. The molecule has 0 aromatic carbocycles. The molecule has 2 amide bonds. The Kier molecular flexibility index (Phi) is 6.81. The summed E-state index contributed by atoms with van der Waals surface area (Å²) in [4.78, 5) is 33.0. The van der Waals surface area contributed by atoms with Crippen molar-refractivity contribution < 1.29 is 9.59 Å². The van der Waals surface area contributed by atoms with E-state index >= 15 is 0 Å². The molecule has 6 rings (SSSR count). The van der Waals surface area contributed by atoms with Crippen molar-refractivity contribution in [2.45, 2.75) is 71.6 Å². The van der Waals surface area contributed by atoms with Crippen LogP contribution in [0.4, 0.5) is 0 Å². The van der Waals surface area contributed by atoms with Crippen LogP contribution in [0.25, 0.3) is 0 Å². The maximum absolute atomic E-state index is 12.6. The second kappa shape index (κ2) is 10.3. The predicted molar refractivity (Wildman–Crippen MR) is 150 cm³/mol. The minimum Gasteiger partial charge on any atom is -0.267 e. The van der Waals surface area contributed by atoms with Gasteiger partial charge >= 0.3 is 0 Å². The van der Waals surface area contributed by atoms with Gasteiger partial charge in [-0.05, 0) is 111 Å². The molecule has 0 unspecified atom stereocenters. The maximum atomic E-state index is 12.6. The topological polar surface area (TPSA) is 109 Å². The lowest BCUT2D eigenvalue weighted by atomic mass is 9.45. The zero-order chi connectivity index (χ0) is 27.0. The molecule has 39 heavy (non-hydrogen) atoms. The number of rotatable bonds is 4. The normalized spacial score (nSPS) is 35.5. The van der Waals surface area contributed by atoms with Crippen LogP contribution in [-0.4, -0.2) is 33.2 Å². The summed E-state index contributed by atoms with van der Waals surface area (Å²) < 4.78 is 0. The number of nitrogens with zero attached hydrogens (tertiary/aromatic N) is 4. The molecule has 4 aliphatic carbocycles. The summed E-state index contributed by atoms with van der Waals surface area (Å²) in [6, 6.07) is 6.85. The molecule has 8 nitrogen and oxygen atoms in total.